The van der Waals surface area contributed by atoms with Crippen molar-refractivity contribution in [3.8, 4) is 6.07 Å². The van der Waals surface area contributed by atoms with Crippen molar-refractivity contribution in [2.75, 3.05) is 17.6 Å². The van der Waals surface area contributed by atoms with Crippen LogP contribution in [0.15, 0.2) is 0 Å². The van der Waals surface area contributed by atoms with Crippen molar-refractivity contribution >= 4 is 22.0 Å². The zero-order valence-electron chi connectivity index (χ0n) is 10.3. The standard InChI is InChI=1S/C13H19N3S/c1-2-3-4-7-16-13-11(9-5-6-9)12(15)10(8-14)17-13/h9,16H,2-7,15H2,1H3. The Balaban J connectivity index is 2.07. The lowest BCUT2D eigenvalue weighted by molar-refractivity contribution is 0.744. The molecule has 2 rings (SSSR count). The van der Waals surface area contributed by atoms with Gasteiger partial charge < -0.3 is 11.1 Å². The van der Waals surface area contributed by atoms with Gasteiger partial charge in [0, 0.05) is 12.1 Å². The van der Waals surface area contributed by atoms with Crippen molar-refractivity contribution in [2.24, 2.45) is 0 Å². The summed E-state index contributed by atoms with van der Waals surface area (Å²) < 4.78 is 0. The lowest BCUT2D eigenvalue weighted by atomic mass is 10.1. The van der Waals surface area contributed by atoms with Crippen LogP contribution in [0.4, 0.5) is 10.7 Å². The third kappa shape index (κ3) is 2.73. The highest BCUT2D eigenvalue weighted by Crippen LogP contribution is 2.50. The average molecular weight is 249 g/mol. The largest absolute Gasteiger partial charge is 0.397 e. The normalized spacial score (nSPS) is 14.6. The minimum atomic E-state index is 0.599. The second-order valence-electron chi connectivity index (χ2n) is 4.61. The van der Waals surface area contributed by atoms with Crippen molar-refractivity contribution in [1.29, 1.82) is 5.26 Å². The summed E-state index contributed by atoms with van der Waals surface area (Å²) in [6.45, 7) is 3.19. The number of nitrogens with zero attached hydrogens (tertiary/aromatic N) is 1. The zero-order valence-corrected chi connectivity index (χ0v) is 11.1. The van der Waals surface area contributed by atoms with Gasteiger partial charge >= 0.3 is 0 Å². The Labute approximate surface area is 107 Å². The summed E-state index contributed by atoms with van der Waals surface area (Å²) in [6.07, 6.45) is 6.09. The number of hydrogen-bond donors (Lipinski definition) is 2. The van der Waals surface area contributed by atoms with E-state index in [0.717, 1.165) is 17.2 Å². The quantitative estimate of drug-likeness (QED) is 0.756. The minimum Gasteiger partial charge on any atom is -0.397 e. The van der Waals surface area contributed by atoms with Crippen LogP contribution in [0.1, 0.15) is 55.4 Å². The summed E-state index contributed by atoms with van der Waals surface area (Å²) in [4.78, 5) is 0.671. The first kappa shape index (κ1) is 12.3. The van der Waals surface area contributed by atoms with E-state index >= 15 is 0 Å². The number of nitriles is 1. The second kappa shape index (κ2) is 5.42. The average Bonchev–Trinajstić information content (AvgIpc) is 3.10. The summed E-state index contributed by atoms with van der Waals surface area (Å²) in [5.74, 6) is 0.599. The van der Waals surface area contributed by atoms with Crippen molar-refractivity contribution in [3.05, 3.63) is 10.4 Å². The van der Waals surface area contributed by atoms with E-state index in [-0.39, 0.29) is 0 Å². The molecule has 4 heteroatoms. The van der Waals surface area contributed by atoms with Gasteiger partial charge in [0.05, 0.1) is 10.7 Å². The molecule has 0 aliphatic heterocycles. The molecule has 1 heterocycles. The molecule has 17 heavy (non-hydrogen) atoms. The van der Waals surface area contributed by atoms with Gasteiger partial charge in [-0.15, -0.1) is 11.3 Å². The lowest BCUT2D eigenvalue weighted by Crippen LogP contribution is -2.02. The summed E-state index contributed by atoms with van der Waals surface area (Å²) in [5, 5.41) is 13.6. The third-order valence-electron chi connectivity index (χ3n) is 3.14. The van der Waals surface area contributed by atoms with E-state index in [9.17, 15) is 0 Å². The number of rotatable bonds is 6. The number of nitrogens with two attached hydrogens (primary N) is 1. The first-order chi connectivity index (χ1) is 8.27. The molecular weight excluding hydrogens is 230 g/mol. The molecule has 1 aliphatic carbocycles. The van der Waals surface area contributed by atoms with Crippen molar-refractivity contribution in [1.82, 2.24) is 0 Å². The molecule has 0 atom stereocenters. The summed E-state index contributed by atoms with van der Waals surface area (Å²) in [5.41, 5.74) is 7.97. The molecule has 1 saturated carbocycles. The molecule has 1 fully saturated rings. The van der Waals surface area contributed by atoms with Crippen LogP contribution in [-0.4, -0.2) is 6.54 Å². The van der Waals surface area contributed by atoms with Gasteiger partial charge in [-0.2, -0.15) is 5.26 Å². The van der Waals surface area contributed by atoms with Crippen LogP contribution in [0.2, 0.25) is 0 Å². The Bertz CT molecular complexity index is 427. The van der Waals surface area contributed by atoms with Crippen LogP contribution in [0, 0.1) is 11.3 Å². The predicted octanol–water partition coefficient (Wildman–Crippen LogP) is 3.68. The summed E-state index contributed by atoms with van der Waals surface area (Å²) in [7, 11) is 0. The number of anilines is 2. The fraction of sp³-hybridized carbons (Fsp3) is 0.615. The molecule has 0 radical (unpaired) electrons. The van der Waals surface area contributed by atoms with Gasteiger partial charge in [-0.1, -0.05) is 19.8 Å². The maximum Gasteiger partial charge on any atom is 0.130 e. The summed E-state index contributed by atoms with van der Waals surface area (Å²) in [6, 6.07) is 2.19. The molecule has 1 aromatic heterocycles. The Morgan fingerprint density at radius 1 is 1.47 bits per heavy atom. The van der Waals surface area contributed by atoms with E-state index in [1.807, 2.05) is 0 Å². The van der Waals surface area contributed by atoms with Gasteiger partial charge in [-0.3, -0.25) is 0 Å². The molecule has 0 aromatic carbocycles. The van der Waals surface area contributed by atoms with Gasteiger partial charge in [0.2, 0.25) is 0 Å². The number of unbranched alkanes of at least 4 members (excludes halogenated alkanes) is 2. The van der Waals surface area contributed by atoms with E-state index in [2.05, 4.69) is 18.3 Å². The van der Waals surface area contributed by atoms with Gasteiger partial charge in [-0.05, 0) is 25.2 Å². The van der Waals surface area contributed by atoms with Crippen LogP contribution < -0.4 is 11.1 Å². The zero-order chi connectivity index (χ0) is 12.3. The van der Waals surface area contributed by atoms with Crippen molar-refractivity contribution in [2.45, 2.75) is 44.9 Å². The first-order valence-corrected chi connectivity index (χ1v) is 7.15. The number of nitrogen functional groups attached to an aromatic ring is 1. The lowest BCUT2D eigenvalue weighted by Gasteiger charge is -2.06. The smallest absolute Gasteiger partial charge is 0.130 e. The monoisotopic (exact) mass is 249 g/mol. The number of nitrogens with one attached hydrogen (secondary N) is 1. The van der Waals surface area contributed by atoms with E-state index in [4.69, 9.17) is 11.0 Å². The Hall–Kier alpha value is -1.21. The fourth-order valence-electron chi connectivity index (χ4n) is 2.03. The van der Waals surface area contributed by atoms with Crippen LogP contribution >= 0.6 is 11.3 Å². The van der Waals surface area contributed by atoms with Crippen LogP contribution in [0.25, 0.3) is 0 Å². The van der Waals surface area contributed by atoms with Gasteiger partial charge in [0.1, 0.15) is 10.9 Å². The van der Waals surface area contributed by atoms with E-state index < -0.39 is 0 Å². The van der Waals surface area contributed by atoms with E-state index in [1.165, 1.54) is 49.0 Å². The highest BCUT2D eigenvalue weighted by atomic mass is 32.1. The second-order valence-corrected chi connectivity index (χ2v) is 5.63. The first-order valence-electron chi connectivity index (χ1n) is 6.34. The Morgan fingerprint density at radius 2 is 2.24 bits per heavy atom. The molecule has 3 N–H and O–H groups in total. The molecule has 3 nitrogen and oxygen atoms in total. The Kier molecular flexibility index (Phi) is 3.90. The number of thiophene rings is 1. The van der Waals surface area contributed by atoms with Gasteiger partial charge in [0.25, 0.3) is 0 Å². The van der Waals surface area contributed by atoms with E-state index in [0.29, 0.717) is 10.8 Å². The highest BCUT2D eigenvalue weighted by molar-refractivity contribution is 7.17. The maximum absolute atomic E-state index is 9.02. The highest BCUT2D eigenvalue weighted by Gasteiger charge is 2.31. The molecule has 0 unspecified atom stereocenters. The van der Waals surface area contributed by atoms with Crippen molar-refractivity contribution in [3.63, 3.8) is 0 Å². The minimum absolute atomic E-state index is 0.599. The molecule has 1 aromatic rings. The van der Waals surface area contributed by atoms with Gasteiger partial charge in [-0.25, -0.2) is 0 Å². The molecule has 0 bridgehead atoms. The molecule has 92 valence electrons. The summed E-state index contributed by atoms with van der Waals surface area (Å²) >= 11 is 1.52. The molecule has 1 aliphatic rings. The SMILES string of the molecule is CCCCCNc1sc(C#N)c(N)c1C1CC1. The maximum atomic E-state index is 9.02. The van der Waals surface area contributed by atoms with Crippen molar-refractivity contribution < 1.29 is 0 Å². The molecule has 0 spiro atoms. The molecule has 0 saturated heterocycles. The third-order valence-corrected chi connectivity index (χ3v) is 4.22. The molecular formula is C13H19N3S. The van der Waals surface area contributed by atoms with Crippen LogP contribution in [-0.2, 0) is 0 Å². The van der Waals surface area contributed by atoms with Gasteiger partial charge in [0.15, 0.2) is 0 Å². The topological polar surface area (TPSA) is 61.8 Å². The predicted molar refractivity (Wildman–Crippen MR) is 73.4 cm³/mol. The Morgan fingerprint density at radius 3 is 2.82 bits per heavy atom. The van der Waals surface area contributed by atoms with E-state index in [1.54, 1.807) is 0 Å². The fourth-order valence-corrected chi connectivity index (χ4v) is 3.06. The van der Waals surface area contributed by atoms with Crippen LogP contribution in [0.3, 0.4) is 0 Å². The number of hydrogen-bond acceptors (Lipinski definition) is 4. The van der Waals surface area contributed by atoms with Crippen LogP contribution in [0.5, 0.6) is 0 Å². The molecule has 0 amide bonds.